The Morgan fingerprint density at radius 1 is 1.12 bits per heavy atom. The van der Waals surface area contributed by atoms with Crippen LogP contribution in [-0.2, 0) is 11.3 Å². The van der Waals surface area contributed by atoms with Crippen LogP contribution in [0.3, 0.4) is 0 Å². The van der Waals surface area contributed by atoms with Gasteiger partial charge in [0, 0.05) is 19.1 Å². The van der Waals surface area contributed by atoms with E-state index < -0.39 is 0 Å². The number of likely N-dealkylation sites (tertiary alicyclic amines) is 1. The lowest BCUT2D eigenvalue weighted by molar-refractivity contribution is -0.136. The van der Waals surface area contributed by atoms with E-state index in [1.54, 1.807) is 12.1 Å². The number of rotatable bonds is 5. The van der Waals surface area contributed by atoms with E-state index in [1.807, 2.05) is 4.90 Å². The molecular weight excluding hydrogens is 319 g/mol. The van der Waals surface area contributed by atoms with Crippen LogP contribution in [0.1, 0.15) is 50.5 Å². The molecule has 1 amide bonds. The second-order valence-corrected chi connectivity index (χ2v) is 7.47. The number of carbonyl (C=O) groups is 1. The normalized spacial score (nSPS) is 22.7. The van der Waals surface area contributed by atoms with Crippen molar-refractivity contribution in [1.82, 2.24) is 9.80 Å². The summed E-state index contributed by atoms with van der Waals surface area (Å²) in [6, 6.07) is 6.73. The van der Waals surface area contributed by atoms with Gasteiger partial charge in [0.25, 0.3) is 0 Å². The standard InChI is InChI=1S/C20H29FN2O2/c21-17-10-8-16(9-11-17)13-23(18-5-2-1-3-6-18)20(25)15-22-12-4-7-19(24)14-22/h8-11,18-19,24H,1-7,12-15H2. The minimum Gasteiger partial charge on any atom is -0.392 e. The van der Waals surface area contributed by atoms with Gasteiger partial charge in [-0.1, -0.05) is 31.4 Å². The summed E-state index contributed by atoms with van der Waals surface area (Å²) >= 11 is 0. The van der Waals surface area contributed by atoms with Gasteiger partial charge < -0.3 is 10.0 Å². The van der Waals surface area contributed by atoms with Crippen LogP contribution in [0.5, 0.6) is 0 Å². The molecule has 25 heavy (non-hydrogen) atoms. The molecule has 3 rings (SSSR count). The number of aliphatic hydroxyl groups is 1. The van der Waals surface area contributed by atoms with Gasteiger partial charge >= 0.3 is 0 Å². The molecule has 5 heteroatoms. The predicted octanol–water partition coefficient (Wildman–Crippen LogP) is 2.94. The first-order chi connectivity index (χ1) is 12.1. The van der Waals surface area contributed by atoms with E-state index in [-0.39, 0.29) is 23.9 Å². The number of hydrogen-bond donors (Lipinski definition) is 1. The van der Waals surface area contributed by atoms with E-state index in [2.05, 4.69) is 4.90 Å². The second kappa shape index (κ2) is 8.77. The summed E-state index contributed by atoms with van der Waals surface area (Å²) < 4.78 is 13.2. The molecule has 1 aliphatic carbocycles. The first-order valence-corrected chi connectivity index (χ1v) is 9.56. The summed E-state index contributed by atoms with van der Waals surface area (Å²) in [5.41, 5.74) is 0.971. The maximum absolute atomic E-state index is 13.2. The summed E-state index contributed by atoms with van der Waals surface area (Å²) in [5, 5.41) is 9.84. The molecule has 1 saturated heterocycles. The Hall–Kier alpha value is -1.46. The predicted molar refractivity (Wildman–Crippen MR) is 95.5 cm³/mol. The fourth-order valence-electron chi connectivity index (χ4n) is 4.06. The Labute approximate surface area is 149 Å². The number of nitrogens with zero attached hydrogens (tertiary/aromatic N) is 2. The topological polar surface area (TPSA) is 43.8 Å². The molecule has 2 aliphatic rings. The van der Waals surface area contributed by atoms with E-state index >= 15 is 0 Å². The highest BCUT2D eigenvalue weighted by Crippen LogP contribution is 2.25. The van der Waals surface area contributed by atoms with Crippen molar-refractivity contribution in [2.24, 2.45) is 0 Å². The summed E-state index contributed by atoms with van der Waals surface area (Å²) in [7, 11) is 0. The lowest BCUT2D eigenvalue weighted by atomic mass is 9.93. The van der Waals surface area contributed by atoms with Crippen LogP contribution in [0.25, 0.3) is 0 Å². The summed E-state index contributed by atoms with van der Waals surface area (Å²) in [5.74, 6) is -0.119. The number of hydrogen-bond acceptors (Lipinski definition) is 3. The molecular formula is C20H29FN2O2. The molecule has 1 atom stereocenters. The van der Waals surface area contributed by atoms with Gasteiger partial charge in [-0.2, -0.15) is 0 Å². The van der Waals surface area contributed by atoms with E-state index in [0.29, 0.717) is 19.6 Å². The molecule has 0 bridgehead atoms. The lowest BCUT2D eigenvalue weighted by Gasteiger charge is -2.37. The molecule has 2 fully saturated rings. The molecule has 0 radical (unpaired) electrons. The minimum atomic E-state index is -0.318. The lowest BCUT2D eigenvalue weighted by Crippen LogP contribution is -2.48. The van der Waals surface area contributed by atoms with Crippen molar-refractivity contribution in [2.75, 3.05) is 19.6 Å². The first kappa shape index (κ1) is 18.3. The zero-order valence-corrected chi connectivity index (χ0v) is 14.9. The van der Waals surface area contributed by atoms with Crippen LogP contribution in [0, 0.1) is 5.82 Å². The molecule has 1 aromatic rings. The Balaban J connectivity index is 1.68. The van der Waals surface area contributed by atoms with Gasteiger partial charge in [0.1, 0.15) is 5.82 Å². The van der Waals surface area contributed by atoms with Crippen molar-refractivity contribution in [1.29, 1.82) is 0 Å². The van der Waals surface area contributed by atoms with Gasteiger partial charge in [-0.3, -0.25) is 9.69 Å². The third kappa shape index (κ3) is 5.25. The second-order valence-electron chi connectivity index (χ2n) is 7.47. The van der Waals surface area contributed by atoms with Crippen molar-refractivity contribution in [3.8, 4) is 0 Å². The highest BCUT2D eigenvalue weighted by molar-refractivity contribution is 5.78. The maximum atomic E-state index is 13.2. The van der Waals surface area contributed by atoms with Gasteiger partial charge in [-0.15, -0.1) is 0 Å². The molecule has 1 saturated carbocycles. The summed E-state index contributed by atoms with van der Waals surface area (Å²) in [4.78, 5) is 17.1. The Bertz CT molecular complexity index is 557. The summed E-state index contributed by atoms with van der Waals surface area (Å²) in [6.45, 7) is 2.37. The smallest absolute Gasteiger partial charge is 0.237 e. The van der Waals surface area contributed by atoms with E-state index in [0.717, 1.165) is 37.8 Å². The van der Waals surface area contributed by atoms with Crippen molar-refractivity contribution < 1.29 is 14.3 Å². The SMILES string of the molecule is O=C(CN1CCCC(O)C1)N(Cc1ccc(F)cc1)C1CCCCC1. The van der Waals surface area contributed by atoms with E-state index in [4.69, 9.17) is 0 Å². The summed E-state index contributed by atoms with van der Waals surface area (Å²) in [6.07, 6.45) is 7.13. The molecule has 1 unspecified atom stereocenters. The van der Waals surface area contributed by atoms with Crippen LogP contribution in [-0.4, -0.2) is 52.6 Å². The van der Waals surface area contributed by atoms with Crippen molar-refractivity contribution in [3.63, 3.8) is 0 Å². The van der Waals surface area contributed by atoms with Gasteiger partial charge in [-0.05, 0) is 49.9 Å². The van der Waals surface area contributed by atoms with Crippen molar-refractivity contribution >= 4 is 5.91 Å². The molecule has 1 N–H and O–H groups in total. The molecule has 4 nitrogen and oxygen atoms in total. The highest BCUT2D eigenvalue weighted by atomic mass is 19.1. The highest BCUT2D eigenvalue weighted by Gasteiger charge is 2.28. The third-order valence-electron chi connectivity index (χ3n) is 5.44. The van der Waals surface area contributed by atoms with Gasteiger partial charge in [0.15, 0.2) is 0 Å². The van der Waals surface area contributed by atoms with Crippen molar-refractivity contribution in [2.45, 2.75) is 63.6 Å². The number of halogens is 1. The van der Waals surface area contributed by atoms with Crippen LogP contribution in [0.15, 0.2) is 24.3 Å². The number of amides is 1. The zero-order chi connectivity index (χ0) is 17.6. The Morgan fingerprint density at radius 2 is 1.84 bits per heavy atom. The molecule has 138 valence electrons. The minimum absolute atomic E-state index is 0.130. The van der Waals surface area contributed by atoms with Gasteiger partial charge in [0.2, 0.25) is 5.91 Å². The van der Waals surface area contributed by atoms with Crippen molar-refractivity contribution in [3.05, 3.63) is 35.6 Å². The van der Waals surface area contributed by atoms with E-state index in [1.165, 1.54) is 31.4 Å². The van der Waals surface area contributed by atoms with Gasteiger partial charge in [0.05, 0.1) is 12.6 Å². The first-order valence-electron chi connectivity index (χ1n) is 9.56. The monoisotopic (exact) mass is 348 g/mol. The quantitative estimate of drug-likeness (QED) is 0.890. The molecule has 0 aromatic heterocycles. The van der Waals surface area contributed by atoms with Crippen LogP contribution in [0.4, 0.5) is 4.39 Å². The van der Waals surface area contributed by atoms with E-state index in [9.17, 15) is 14.3 Å². The number of piperidine rings is 1. The van der Waals surface area contributed by atoms with Crippen LogP contribution >= 0.6 is 0 Å². The number of aliphatic hydroxyl groups excluding tert-OH is 1. The average molecular weight is 348 g/mol. The largest absolute Gasteiger partial charge is 0.392 e. The molecule has 1 aromatic carbocycles. The fraction of sp³-hybridized carbons (Fsp3) is 0.650. The Kier molecular flexibility index (Phi) is 6.43. The number of β-amino-alcohol motifs (C(OH)–C–C–N with tert-alkyl or cyclic N) is 1. The molecule has 0 spiro atoms. The average Bonchev–Trinajstić information content (AvgIpc) is 2.62. The fourth-order valence-corrected chi connectivity index (χ4v) is 4.06. The maximum Gasteiger partial charge on any atom is 0.237 e. The number of benzene rings is 1. The van der Waals surface area contributed by atoms with Crippen LogP contribution < -0.4 is 0 Å². The van der Waals surface area contributed by atoms with Gasteiger partial charge in [-0.25, -0.2) is 4.39 Å². The zero-order valence-electron chi connectivity index (χ0n) is 14.9. The molecule has 1 aliphatic heterocycles. The number of carbonyl (C=O) groups excluding carboxylic acids is 1. The van der Waals surface area contributed by atoms with Crippen LogP contribution in [0.2, 0.25) is 0 Å². The Morgan fingerprint density at radius 3 is 2.52 bits per heavy atom. The molecule has 1 heterocycles. The third-order valence-corrected chi connectivity index (χ3v) is 5.44.